The fraction of sp³-hybridized carbons (Fsp3) is 0.333. The number of anilines is 1. The van der Waals surface area contributed by atoms with Crippen LogP contribution in [0.3, 0.4) is 0 Å². The van der Waals surface area contributed by atoms with Gasteiger partial charge in [-0.15, -0.1) is 0 Å². The van der Waals surface area contributed by atoms with Gasteiger partial charge in [0.05, 0.1) is 6.54 Å². The number of carbonyl (C=O) groups is 2. The zero-order valence-electron chi connectivity index (χ0n) is 18.6. The lowest BCUT2D eigenvalue weighted by Crippen LogP contribution is -2.37. The average Bonchev–Trinajstić information content (AvgIpc) is 3.27. The van der Waals surface area contributed by atoms with Crippen molar-refractivity contribution in [1.29, 1.82) is 0 Å². The van der Waals surface area contributed by atoms with Gasteiger partial charge in [-0.25, -0.2) is 0 Å². The zero-order chi connectivity index (χ0) is 22.9. The first-order valence-electron chi connectivity index (χ1n) is 10.6. The van der Waals surface area contributed by atoms with Crippen LogP contribution in [0.2, 0.25) is 0 Å². The van der Waals surface area contributed by atoms with Crippen LogP contribution in [-0.2, 0) is 16.0 Å². The molecule has 1 heterocycles. The van der Waals surface area contributed by atoms with Gasteiger partial charge in [-0.3, -0.25) is 9.59 Å². The molecule has 0 aliphatic heterocycles. The van der Waals surface area contributed by atoms with Crippen molar-refractivity contribution in [3.05, 3.63) is 60.0 Å². The third kappa shape index (κ3) is 6.66. The van der Waals surface area contributed by atoms with E-state index < -0.39 is 0 Å². The smallest absolute Gasteiger partial charge is 0.260 e. The number of aromatic nitrogens is 2. The molecule has 1 N–H and O–H groups in total. The van der Waals surface area contributed by atoms with E-state index in [-0.39, 0.29) is 25.0 Å². The van der Waals surface area contributed by atoms with Crippen molar-refractivity contribution < 1.29 is 18.8 Å². The van der Waals surface area contributed by atoms with E-state index in [0.717, 1.165) is 30.4 Å². The van der Waals surface area contributed by atoms with Crippen molar-refractivity contribution in [3.63, 3.8) is 0 Å². The topological polar surface area (TPSA) is 97.6 Å². The fourth-order valence-electron chi connectivity index (χ4n) is 2.90. The molecule has 1 aromatic heterocycles. The van der Waals surface area contributed by atoms with E-state index >= 15 is 0 Å². The van der Waals surface area contributed by atoms with E-state index in [2.05, 4.69) is 22.4 Å². The van der Waals surface area contributed by atoms with Gasteiger partial charge in [0.15, 0.2) is 6.61 Å². The summed E-state index contributed by atoms with van der Waals surface area (Å²) >= 11 is 0. The number of nitrogens with one attached hydrogen (secondary N) is 1. The van der Waals surface area contributed by atoms with E-state index in [4.69, 9.17) is 9.26 Å². The minimum atomic E-state index is -0.299. The lowest BCUT2D eigenvalue weighted by Gasteiger charge is -2.17. The van der Waals surface area contributed by atoms with Crippen LogP contribution in [0.5, 0.6) is 5.75 Å². The van der Waals surface area contributed by atoms with Crippen LogP contribution in [0.1, 0.15) is 31.2 Å². The SMILES string of the molecule is CCCCc1nc(-c2ccc(OCC(=O)N(C)CC(=O)Nc3ccc(C)cc3)cc2)no1. The summed E-state index contributed by atoms with van der Waals surface area (Å²) in [4.78, 5) is 30.2. The molecule has 0 aliphatic rings. The number of benzene rings is 2. The van der Waals surface area contributed by atoms with Gasteiger partial charge in [0.25, 0.3) is 5.91 Å². The molecule has 0 spiro atoms. The van der Waals surface area contributed by atoms with Crippen LogP contribution < -0.4 is 10.1 Å². The lowest BCUT2D eigenvalue weighted by atomic mass is 10.2. The molecular weight excluding hydrogens is 408 g/mol. The van der Waals surface area contributed by atoms with Gasteiger partial charge in [0, 0.05) is 24.7 Å². The second-order valence-corrected chi connectivity index (χ2v) is 7.59. The fourth-order valence-corrected chi connectivity index (χ4v) is 2.90. The van der Waals surface area contributed by atoms with Crippen LogP contribution in [0.15, 0.2) is 53.1 Å². The largest absolute Gasteiger partial charge is 0.484 e. The Morgan fingerprint density at radius 3 is 2.50 bits per heavy atom. The first-order valence-corrected chi connectivity index (χ1v) is 10.6. The number of carbonyl (C=O) groups excluding carboxylic acids is 2. The number of rotatable bonds is 10. The summed E-state index contributed by atoms with van der Waals surface area (Å²) in [6.07, 6.45) is 2.84. The molecule has 0 unspecified atom stereocenters. The lowest BCUT2D eigenvalue weighted by molar-refractivity contribution is -0.135. The Labute approximate surface area is 187 Å². The van der Waals surface area contributed by atoms with Crippen LogP contribution in [0, 0.1) is 6.92 Å². The molecule has 0 fully saturated rings. The second kappa shape index (κ2) is 11.1. The average molecular weight is 437 g/mol. The maximum Gasteiger partial charge on any atom is 0.260 e. The second-order valence-electron chi connectivity index (χ2n) is 7.59. The highest BCUT2D eigenvalue weighted by molar-refractivity contribution is 5.94. The summed E-state index contributed by atoms with van der Waals surface area (Å²) in [5.41, 5.74) is 2.60. The Bertz CT molecular complexity index is 1030. The minimum Gasteiger partial charge on any atom is -0.484 e. The normalized spacial score (nSPS) is 10.6. The Hall–Kier alpha value is -3.68. The monoisotopic (exact) mass is 436 g/mol. The predicted molar refractivity (Wildman–Crippen MR) is 121 cm³/mol. The molecular formula is C24H28N4O4. The summed E-state index contributed by atoms with van der Waals surface area (Å²) in [5.74, 6) is 1.12. The van der Waals surface area contributed by atoms with Gasteiger partial charge in [0.1, 0.15) is 5.75 Å². The number of likely N-dealkylation sites (N-methyl/N-ethyl adjacent to an activating group) is 1. The third-order valence-electron chi connectivity index (χ3n) is 4.83. The number of amides is 2. The van der Waals surface area contributed by atoms with E-state index in [1.807, 2.05) is 43.3 Å². The van der Waals surface area contributed by atoms with Gasteiger partial charge in [-0.2, -0.15) is 4.98 Å². The number of nitrogens with zero attached hydrogens (tertiary/aromatic N) is 3. The number of ether oxygens (including phenoxy) is 1. The summed E-state index contributed by atoms with van der Waals surface area (Å²) in [5, 5.41) is 6.77. The van der Waals surface area contributed by atoms with E-state index in [0.29, 0.717) is 23.2 Å². The Morgan fingerprint density at radius 2 is 1.81 bits per heavy atom. The van der Waals surface area contributed by atoms with Crippen molar-refractivity contribution in [1.82, 2.24) is 15.0 Å². The van der Waals surface area contributed by atoms with Gasteiger partial charge >= 0.3 is 0 Å². The molecule has 0 atom stereocenters. The van der Waals surface area contributed by atoms with Crippen molar-refractivity contribution in [2.75, 3.05) is 25.5 Å². The van der Waals surface area contributed by atoms with Gasteiger partial charge in [-0.05, 0) is 49.7 Å². The summed E-state index contributed by atoms with van der Waals surface area (Å²) in [6.45, 7) is 3.85. The highest BCUT2D eigenvalue weighted by Crippen LogP contribution is 2.20. The quantitative estimate of drug-likeness (QED) is 0.518. The highest BCUT2D eigenvalue weighted by atomic mass is 16.5. The third-order valence-corrected chi connectivity index (χ3v) is 4.83. The molecule has 0 aliphatic carbocycles. The summed E-state index contributed by atoms with van der Waals surface area (Å²) in [7, 11) is 1.57. The zero-order valence-corrected chi connectivity index (χ0v) is 18.6. The van der Waals surface area contributed by atoms with Gasteiger partial charge in [0.2, 0.25) is 17.6 Å². The molecule has 0 radical (unpaired) electrons. The van der Waals surface area contributed by atoms with E-state index in [1.165, 1.54) is 4.90 Å². The van der Waals surface area contributed by atoms with Gasteiger partial charge < -0.3 is 19.5 Å². The Kier molecular flexibility index (Phi) is 7.96. The van der Waals surface area contributed by atoms with E-state index in [1.54, 1.807) is 19.2 Å². The first kappa shape index (κ1) is 23.0. The number of hydrogen-bond donors (Lipinski definition) is 1. The minimum absolute atomic E-state index is 0.0623. The van der Waals surface area contributed by atoms with Crippen LogP contribution in [0.25, 0.3) is 11.4 Å². The molecule has 168 valence electrons. The van der Waals surface area contributed by atoms with Crippen molar-refractivity contribution in [3.8, 4) is 17.1 Å². The molecule has 2 amide bonds. The summed E-state index contributed by atoms with van der Waals surface area (Å²) in [6, 6.07) is 14.6. The molecule has 3 aromatic rings. The number of aryl methyl sites for hydroxylation is 2. The molecule has 0 saturated heterocycles. The molecule has 0 saturated carbocycles. The standard InChI is InChI=1S/C24H28N4O4/c1-4-5-6-22-26-24(27-32-22)18-9-13-20(14-10-18)31-16-23(30)28(3)15-21(29)25-19-11-7-17(2)8-12-19/h7-14H,4-6,15-16H2,1-3H3,(H,25,29). The van der Waals surface area contributed by atoms with E-state index in [9.17, 15) is 9.59 Å². The molecule has 32 heavy (non-hydrogen) atoms. The molecule has 3 rings (SSSR count). The highest BCUT2D eigenvalue weighted by Gasteiger charge is 2.14. The van der Waals surface area contributed by atoms with Crippen molar-refractivity contribution in [2.45, 2.75) is 33.1 Å². The Balaban J connectivity index is 1.46. The first-order chi connectivity index (χ1) is 15.4. The Morgan fingerprint density at radius 1 is 1.09 bits per heavy atom. The predicted octanol–water partition coefficient (Wildman–Crippen LogP) is 3.86. The van der Waals surface area contributed by atoms with Crippen LogP contribution in [-0.4, -0.2) is 47.1 Å². The van der Waals surface area contributed by atoms with Crippen LogP contribution >= 0.6 is 0 Å². The van der Waals surface area contributed by atoms with Gasteiger partial charge in [-0.1, -0.05) is 36.2 Å². The summed E-state index contributed by atoms with van der Waals surface area (Å²) < 4.78 is 10.8. The molecule has 8 nitrogen and oxygen atoms in total. The van der Waals surface area contributed by atoms with Crippen molar-refractivity contribution in [2.24, 2.45) is 0 Å². The van der Waals surface area contributed by atoms with Crippen LogP contribution in [0.4, 0.5) is 5.69 Å². The van der Waals surface area contributed by atoms with Crippen molar-refractivity contribution >= 4 is 17.5 Å². The maximum absolute atomic E-state index is 12.3. The number of hydrogen-bond acceptors (Lipinski definition) is 6. The molecule has 0 bridgehead atoms. The number of unbranched alkanes of at least 4 members (excludes halogenated alkanes) is 1. The molecule has 8 heteroatoms. The molecule has 2 aromatic carbocycles. The maximum atomic E-state index is 12.3.